The number of likely N-dealkylation sites (tertiary alicyclic amines) is 2. The van der Waals surface area contributed by atoms with E-state index in [-0.39, 0.29) is 18.0 Å². The third-order valence-corrected chi connectivity index (χ3v) is 7.38. The molecule has 2 fully saturated rings. The van der Waals surface area contributed by atoms with Gasteiger partial charge in [0.1, 0.15) is 13.2 Å². The summed E-state index contributed by atoms with van der Waals surface area (Å²) >= 11 is 0. The molecule has 2 aromatic rings. The number of amides is 1. The number of carbonyl (C=O) groups excluding carboxylic acids is 1. The van der Waals surface area contributed by atoms with Crippen LogP contribution in [0.2, 0.25) is 0 Å². The molecule has 0 bridgehead atoms. The Balaban J connectivity index is 1.17. The molecular weight excluding hydrogens is 432 g/mol. The quantitative estimate of drug-likeness (QED) is 0.679. The van der Waals surface area contributed by atoms with Crippen molar-refractivity contribution in [2.24, 2.45) is 0 Å². The Morgan fingerprint density at radius 3 is 2.06 bits per heavy atom. The van der Waals surface area contributed by atoms with Crippen molar-refractivity contribution in [3.8, 4) is 23.0 Å². The van der Waals surface area contributed by atoms with Gasteiger partial charge in [-0.2, -0.15) is 0 Å². The summed E-state index contributed by atoms with van der Waals surface area (Å²) in [5, 5.41) is 0. The molecule has 2 saturated heterocycles. The molecule has 7 heteroatoms. The topological polar surface area (TPSA) is 60.5 Å². The first-order chi connectivity index (χ1) is 16.8. The van der Waals surface area contributed by atoms with Gasteiger partial charge in [0.15, 0.2) is 23.0 Å². The van der Waals surface area contributed by atoms with Crippen LogP contribution >= 0.6 is 0 Å². The highest BCUT2D eigenvalue weighted by Crippen LogP contribution is 2.40. The second-order valence-corrected chi connectivity index (χ2v) is 9.53. The third-order valence-electron chi connectivity index (χ3n) is 7.38. The molecule has 0 saturated carbocycles. The zero-order chi connectivity index (χ0) is 22.9. The monoisotopic (exact) mass is 464 g/mol. The molecule has 2 atom stereocenters. The Kier molecular flexibility index (Phi) is 5.95. The maximum atomic E-state index is 13.5. The molecule has 4 aliphatic rings. The molecule has 180 valence electrons. The molecular formula is C27H32N2O5. The predicted octanol–water partition coefficient (Wildman–Crippen LogP) is 4.12. The van der Waals surface area contributed by atoms with Gasteiger partial charge in [0.2, 0.25) is 5.91 Å². The van der Waals surface area contributed by atoms with Crippen molar-refractivity contribution >= 4 is 5.91 Å². The fraction of sp³-hybridized carbons (Fsp3) is 0.519. The summed E-state index contributed by atoms with van der Waals surface area (Å²) in [5.41, 5.74) is 2.34. The largest absolute Gasteiger partial charge is 0.490 e. The Morgan fingerprint density at radius 1 is 0.706 bits per heavy atom. The van der Waals surface area contributed by atoms with Crippen LogP contribution in [0.3, 0.4) is 0 Å². The Bertz CT molecular complexity index is 1060. The molecule has 0 aromatic heterocycles. The first-order valence-corrected chi connectivity index (χ1v) is 12.6. The summed E-state index contributed by atoms with van der Waals surface area (Å²) in [6.07, 6.45) is 5.04. The Hall–Kier alpha value is -2.93. The van der Waals surface area contributed by atoms with Crippen LogP contribution in [-0.4, -0.2) is 61.8 Å². The minimum atomic E-state index is 0.0972. The van der Waals surface area contributed by atoms with Crippen LogP contribution in [0.5, 0.6) is 23.0 Å². The van der Waals surface area contributed by atoms with Gasteiger partial charge in [0, 0.05) is 19.0 Å². The molecule has 6 rings (SSSR count). The fourth-order valence-corrected chi connectivity index (χ4v) is 5.72. The highest BCUT2D eigenvalue weighted by Gasteiger charge is 2.34. The Labute approximate surface area is 200 Å². The van der Waals surface area contributed by atoms with Gasteiger partial charge in [-0.3, -0.25) is 9.69 Å². The van der Waals surface area contributed by atoms with Crippen LogP contribution in [0.15, 0.2) is 36.4 Å². The van der Waals surface area contributed by atoms with Gasteiger partial charge < -0.3 is 23.8 Å². The first-order valence-electron chi connectivity index (χ1n) is 12.6. The minimum Gasteiger partial charge on any atom is -0.490 e. The summed E-state index contributed by atoms with van der Waals surface area (Å²) < 4.78 is 23.2. The number of nitrogens with zero attached hydrogens (tertiary/aromatic N) is 2. The lowest BCUT2D eigenvalue weighted by Crippen LogP contribution is -2.39. The SMILES string of the molecule is O=C(CN1CCC[C@H]1c1ccc2c(c1)OCCO2)N1CCC[C@H]1c1ccc2c(c1)OCCCO2. The number of fused-ring (bicyclic) bond motifs is 2. The number of ether oxygens (including phenoxy) is 4. The van der Waals surface area contributed by atoms with Crippen molar-refractivity contribution in [3.05, 3.63) is 47.5 Å². The van der Waals surface area contributed by atoms with Gasteiger partial charge in [-0.15, -0.1) is 0 Å². The van der Waals surface area contributed by atoms with E-state index in [1.165, 1.54) is 5.56 Å². The lowest BCUT2D eigenvalue weighted by atomic mass is 10.0. The molecule has 2 aromatic carbocycles. The first kappa shape index (κ1) is 21.6. The van der Waals surface area contributed by atoms with E-state index in [0.29, 0.717) is 33.0 Å². The van der Waals surface area contributed by atoms with Gasteiger partial charge in [-0.05, 0) is 67.6 Å². The average Bonchev–Trinajstić information content (AvgIpc) is 3.48. The highest BCUT2D eigenvalue weighted by molar-refractivity contribution is 5.79. The molecule has 0 radical (unpaired) electrons. The van der Waals surface area contributed by atoms with E-state index >= 15 is 0 Å². The van der Waals surface area contributed by atoms with Crippen LogP contribution in [0.25, 0.3) is 0 Å². The predicted molar refractivity (Wildman–Crippen MR) is 127 cm³/mol. The van der Waals surface area contributed by atoms with Crippen LogP contribution in [0.4, 0.5) is 0 Å². The maximum absolute atomic E-state index is 13.5. The fourth-order valence-electron chi connectivity index (χ4n) is 5.72. The number of hydrogen-bond acceptors (Lipinski definition) is 6. The van der Waals surface area contributed by atoms with E-state index in [2.05, 4.69) is 34.1 Å². The molecule has 0 N–H and O–H groups in total. The highest BCUT2D eigenvalue weighted by atomic mass is 16.6. The van der Waals surface area contributed by atoms with Crippen LogP contribution in [-0.2, 0) is 4.79 Å². The van der Waals surface area contributed by atoms with Crippen molar-refractivity contribution in [2.45, 2.75) is 44.2 Å². The van der Waals surface area contributed by atoms with Gasteiger partial charge >= 0.3 is 0 Å². The molecule has 34 heavy (non-hydrogen) atoms. The van der Waals surface area contributed by atoms with E-state index in [4.69, 9.17) is 18.9 Å². The van der Waals surface area contributed by atoms with Gasteiger partial charge in [-0.25, -0.2) is 0 Å². The summed E-state index contributed by atoms with van der Waals surface area (Å²) in [7, 11) is 0. The smallest absolute Gasteiger partial charge is 0.237 e. The Morgan fingerprint density at radius 2 is 1.29 bits per heavy atom. The summed E-state index contributed by atoms with van der Waals surface area (Å²) in [6, 6.07) is 12.7. The van der Waals surface area contributed by atoms with Crippen molar-refractivity contribution in [3.63, 3.8) is 0 Å². The number of hydrogen-bond donors (Lipinski definition) is 0. The minimum absolute atomic E-state index is 0.0972. The van der Waals surface area contributed by atoms with E-state index < -0.39 is 0 Å². The molecule has 0 unspecified atom stereocenters. The van der Waals surface area contributed by atoms with E-state index in [1.54, 1.807) is 0 Å². The number of rotatable bonds is 4. The van der Waals surface area contributed by atoms with Gasteiger partial charge in [0.25, 0.3) is 0 Å². The van der Waals surface area contributed by atoms with Crippen molar-refractivity contribution in [2.75, 3.05) is 46.1 Å². The van der Waals surface area contributed by atoms with E-state index in [9.17, 15) is 4.79 Å². The summed E-state index contributed by atoms with van der Waals surface area (Å²) in [5.74, 6) is 3.43. The van der Waals surface area contributed by atoms with Gasteiger partial charge in [-0.1, -0.05) is 12.1 Å². The lowest BCUT2D eigenvalue weighted by Gasteiger charge is -2.30. The summed E-state index contributed by atoms with van der Waals surface area (Å²) in [4.78, 5) is 17.9. The van der Waals surface area contributed by atoms with Crippen LogP contribution in [0, 0.1) is 0 Å². The number of benzene rings is 2. The van der Waals surface area contributed by atoms with Crippen LogP contribution < -0.4 is 18.9 Å². The molecule has 4 heterocycles. The third kappa shape index (κ3) is 4.17. The normalized spacial score (nSPS) is 24.2. The van der Waals surface area contributed by atoms with Crippen molar-refractivity contribution < 1.29 is 23.7 Å². The molecule has 7 nitrogen and oxygen atoms in total. The van der Waals surface area contributed by atoms with Gasteiger partial charge in [0.05, 0.1) is 25.8 Å². The summed E-state index contributed by atoms with van der Waals surface area (Å²) in [6.45, 7) is 4.71. The second-order valence-electron chi connectivity index (χ2n) is 9.53. The van der Waals surface area contributed by atoms with E-state index in [1.807, 2.05) is 12.1 Å². The van der Waals surface area contributed by atoms with E-state index in [0.717, 1.165) is 73.8 Å². The second kappa shape index (κ2) is 9.37. The molecule has 4 aliphatic heterocycles. The van der Waals surface area contributed by atoms with Crippen molar-refractivity contribution in [1.29, 1.82) is 0 Å². The number of carbonyl (C=O) groups is 1. The molecule has 0 aliphatic carbocycles. The lowest BCUT2D eigenvalue weighted by molar-refractivity contribution is -0.133. The zero-order valence-electron chi connectivity index (χ0n) is 19.5. The van der Waals surface area contributed by atoms with Crippen molar-refractivity contribution in [1.82, 2.24) is 9.80 Å². The molecule has 0 spiro atoms. The van der Waals surface area contributed by atoms with Crippen LogP contribution in [0.1, 0.15) is 55.3 Å². The standard InChI is InChI=1S/C27H32N2O5/c30-27(18-28-10-1-4-21(28)19-6-8-24-26(16-19)34-15-14-33-24)29-11-2-5-22(29)20-7-9-23-25(17-20)32-13-3-12-31-23/h6-9,16-17,21-22H,1-5,10-15,18H2/t21-,22-/m0/s1. The average molecular weight is 465 g/mol. The zero-order valence-corrected chi connectivity index (χ0v) is 19.5. The maximum Gasteiger partial charge on any atom is 0.237 e. The molecule has 1 amide bonds.